The number of fused-ring (bicyclic) bond motifs is 1. The van der Waals surface area contributed by atoms with Crippen molar-refractivity contribution < 1.29 is 9.18 Å². The largest absolute Gasteiger partial charge is 0.381 e. The third-order valence-corrected chi connectivity index (χ3v) is 5.60. The quantitative estimate of drug-likeness (QED) is 0.893. The molecule has 5 heteroatoms. The molecule has 1 fully saturated rings. The predicted octanol–water partition coefficient (Wildman–Crippen LogP) is 3.92. The molecule has 1 amide bonds. The maximum atomic E-state index is 13.1. The number of aryl methyl sites for hydroxylation is 1. The summed E-state index contributed by atoms with van der Waals surface area (Å²) in [7, 11) is 2.11. The van der Waals surface area contributed by atoms with Crippen LogP contribution in [0.5, 0.6) is 0 Å². The summed E-state index contributed by atoms with van der Waals surface area (Å²) < 4.78 is 13.1. The molecule has 2 aromatic rings. The van der Waals surface area contributed by atoms with Crippen molar-refractivity contribution in [1.29, 1.82) is 0 Å². The van der Waals surface area contributed by atoms with Crippen molar-refractivity contribution >= 4 is 17.3 Å². The fourth-order valence-corrected chi connectivity index (χ4v) is 4.16. The summed E-state index contributed by atoms with van der Waals surface area (Å²) >= 11 is 0. The summed E-state index contributed by atoms with van der Waals surface area (Å²) in [4.78, 5) is 17.2. The van der Waals surface area contributed by atoms with Crippen LogP contribution in [0.4, 0.5) is 15.8 Å². The number of anilines is 2. The van der Waals surface area contributed by atoms with Crippen LogP contribution in [-0.2, 0) is 6.42 Å². The highest BCUT2D eigenvalue weighted by molar-refractivity contribution is 5.95. The normalized spacial score (nSPS) is 19.6. The van der Waals surface area contributed by atoms with Crippen molar-refractivity contribution in [3.63, 3.8) is 0 Å². The SMILES string of the molecule is CN1CCCc2cc(C(=O)N3CCC[C@H](Nc4ccc(F)cc4)C3)ccc21. The van der Waals surface area contributed by atoms with Crippen LogP contribution in [0.3, 0.4) is 0 Å². The summed E-state index contributed by atoms with van der Waals surface area (Å²) in [6.07, 6.45) is 4.15. The number of carbonyl (C=O) groups is 1. The van der Waals surface area contributed by atoms with Crippen LogP contribution in [-0.4, -0.2) is 43.5 Å². The van der Waals surface area contributed by atoms with E-state index in [9.17, 15) is 9.18 Å². The molecule has 27 heavy (non-hydrogen) atoms. The zero-order valence-electron chi connectivity index (χ0n) is 15.7. The summed E-state index contributed by atoms with van der Waals surface area (Å²) in [6.45, 7) is 2.54. The summed E-state index contributed by atoms with van der Waals surface area (Å²) in [5.74, 6) is -0.129. The van der Waals surface area contributed by atoms with Crippen LogP contribution < -0.4 is 10.2 Å². The number of hydrogen-bond donors (Lipinski definition) is 1. The molecule has 142 valence electrons. The average molecular weight is 367 g/mol. The van der Waals surface area contributed by atoms with Crippen LogP contribution in [0.2, 0.25) is 0 Å². The van der Waals surface area contributed by atoms with Crippen LogP contribution in [0.15, 0.2) is 42.5 Å². The monoisotopic (exact) mass is 367 g/mol. The number of benzene rings is 2. The fourth-order valence-electron chi connectivity index (χ4n) is 4.16. The minimum absolute atomic E-state index is 0.108. The molecule has 2 aliphatic heterocycles. The molecule has 1 saturated heterocycles. The van der Waals surface area contributed by atoms with E-state index in [1.54, 1.807) is 12.1 Å². The Morgan fingerprint density at radius 3 is 2.74 bits per heavy atom. The Hall–Kier alpha value is -2.56. The summed E-state index contributed by atoms with van der Waals surface area (Å²) in [5, 5.41) is 3.43. The van der Waals surface area contributed by atoms with Gasteiger partial charge in [0, 0.05) is 49.7 Å². The zero-order valence-corrected chi connectivity index (χ0v) is 15.7. The third kappa shape index (κ3) is 3.92. The van der Waals surface area contributed by atoms with Gasteiger partial charge in [-0.3, -0.25) is 4.79 Å². The molecule has 0 bridgehead atoms. The van der Waals surface area contributed by atoms with E-state index in [2.05, 4.69) is 29.4 Å². The van der Waals surface area contributed by atoms with Crippen molar-refractivity contribution in [1.82, 2.24) is 4.90 Å². The van der Waals surface area contributed by atoms with Gasteiger partial charge < -0.3 is 15.1 Å². The second-order valence-corrected chi connectivity index (χ2v) is 7.61. The van der Waals surface area contributed by atoms with Gasteiger partial charge in [0.05, 0.1) is 0 Å². The van der Waals surface area contributed by atoms with Crippen molar-refractivity contribution in [2.75, 3.05) is 36.9 Å². The Labute approximate surface area is 160 Å². The van der Waals surface area contributed by atoms with E-state index in [1.165, 1.54) is 23.4 Å². The number of piperidine rings is 1. The number of carbonyl (C=O) groups excluding carboxylic acids is 1. The predicted molar refractivity (Wildman–Crippen MR) is 107 cm³/mol. The molecule has 2 aromatic carbocycles. The molecule has 4 rings (SSSR count). The van der Waals surface area contributed by atoms with E-state index < -0.39 is 0 Å². The van der Waals surface area contributed by atoms with Gasteiger partial charge in [0.2, 0.25) is 0 Å². The molecule has 0 unspecified atom stereocenters. The topological polar surface area (TPSA) is 35.6 Å². The van der Waals surface area contributed by atoms with Gasteiger partial charge in [-0.1, -0.05) is 0 Å². The minimum Gasteiger partial charge on any atom is -0.381 e. The zero-order chi connectivity index (χ0) is 18.8. The molecule has 0 saturated carbocycles. The molecule has 0 aliphatic carbocycles. The highest BCUT2D eigenvalue weighted by atomic mass is 19.1. The van der Waals surface area contributed by atoms with Crippen molar-refractivity contribution in [2.24, 2.45) is 0 Å². The first-order valence-electron chi connectivity index (χ1n) is 9.75. The van der Waals surface area contributed by atoms with Gasteiger partial charge in [-0.2, -0.15) is 0 Å². The summed E-state index contributed by atoms with van der Waals surface area (Å²) in [6, 6.07) is 12.7. The highest BCUT2D eigenvalue weighted by Gasteiger charge is 2.25. The molecule has 1 atom stereocenters. The lowest BCUT2D eigenvalue weighted by molar-refractivity contribution is 0.0714. The Morgan fingerprint density at radius 1 is 1.11 bits per heavy atom. The molecule has 0 spiro atoms. The van der Waals surface area contributed by atoms with Gasteiger partial charge in [-0.05, 0) is 73.7 Å². The fraction of sp³-hybridized carbons (Fsp3) is 0.409. The van der Waals surface area contributed by atoms with E-state index >= 15 is 0 Å². The Morgan fingerprint density at radius 2 is 1.93 bits per heavy atom. The van der Waals surface area contributed by atoms with E-state index in [0.29, 0.717) is 6.54 Å². The second-order valence-electron chi connectivity index (χ2n) is 7.61. The number of likely N-dealkylation sites (tertiary alicyclic amines) is 1. The molecule has 0 aromatic heterocycles. The number of hydrogen-bond acceptors (Lipinski definition) is 3. The van der Waals surface area contributed by atoms with E-state index in [1.807, 2.05) is 11.0 Å². The van der Waals surface area contributed by atoms with Gasteiger partial charge >= 0.3 is 0 Å². The smallest absolute Gasteiger partial charge is 0.253 e. The number of amides is 1. The van der Waals surface area contributed by atoms with Gasteiger partial charge in [-0.25, -0.2) is 4.39 Å². The van der Waals surface area contributed by atoms with E-state index in [4.69, 9.17) is 0 Å². The molecule has 1 N–H and O–H groups in total. The first-order chi connectivity index (χ1) is 13.1. The maximum Gasteiger partial charge on any atom is 0.253 e. The Balaban J connectivity index is 1.44. The molecular weight excluding hydrogens is 341 g/mol. The lowest BCUT2D eigenvalue weighted by atomic mass is 9.98. The molecular formula is C22H26FN3O. The summed E-state index contributed by atoms with van der Waals surface area (Å²) in [5.41, 5.74) is 4.19. The lowest BCUT2D eigenvalue weighted by Crippen LogP contribution is -2.45. The molecule has 2 heterocycles. The van der Waals surface area contributed by atoms with Crippen molar-refractivity contribution in [3.05, 3.63) is 59.4 Å². The minimum atomic E-state index is -0.237. The average Bonchev–Trinajstić information content (AvgIpc) is 2.69. The standard InChI is InChI=1S/C22H26FN3O/c1-25-12-2-4-16-14-17(6-11-21(16)25)22(27)26-13-3-5-20(15-26)24-19-9-7-18(23)8-10-19/h6-11,14,20,24H,2-5,12-13,15H2,1H3/t20-/m0/s1. The van der Waals surface area contributed by atoms with E-state index in [-0.39, 0.29) is 17.8 Å². The van der Waals surface area contributed by atoms with Crippen LogP contribution in [0.1, 0.15) is 35.2 Å². The van der Waals surface area contributed by atoms with Gasteiger partial charge in [-0.15, -0.1) is 0 Å². The van der Waals surface area contributed by atoms with E-state index in [0.717, 1.165) is 50.0 Å². The number of nitrogens with one attached hydrogen (secondary N) is 1. The molecule has 4 nitrogen and oxygen atoms in total. The van der Waals surface area contributed by atoms with Crippen LogP contribution in [0.25, 0.3) is 0 Å². The molecule has 2 aliphatic rings. The number of nitrogens with zero attached hydrogens (tertiary/aromatic N) is 2. The molecule has 0 radical (unpaired) electrons. The van der Waals surface area contributed by atoms with Gasteiger partial charge in [0.1, 0.15) is 5.82 Å². The highest BCUT2D eigenvalue weighted by Crippen LogP contribution is 2.28. The third-order valence-electron chi connectivity index (χ3n) is 5.60. The van der Waals surface area contributed by atoms with Gasteiger partial charge in [0.15, 0.2) is 0 Å². The number of halogens is 1. The first kappa shape index (κ1) is 17.8. The lowest BCUT2D eigenvalue weighted by Gasteiger charge is -2.34. The van der Waals surface area contributed by atoms with Crippen molar-refractivity contribution in [3.8, 4) is 0 Å². The first-order valence-corrected chi connectivity index (χ1v) is 9.75. The van der Waals surface area contributed by atoms with Crippen LogP contribution in [0, 0.1) is 5.82 Å². The Kier molecular flexibility index (Phi) is 5.01. The van der Waals surface area contributed by atoms with Crippen LogP contribution >= 0.6 is 0 Å². The van der Waals surface area contributed by atoms with Gasteiger partial charge in [0.25, 0.3) is 5.91 Å². The second kappa shape index (κ2) is 7.59. The Bertz CT molecular complexity index is 821. The van der Waals surface area contributed by atoms with Crippen molar-refractivity contribution in [2.45, 2.75) is 31.7 Å². The maximum absolute atomic E-state index is 13.1. The number of rotatable bonds is 3.